The van der Waals surface area contributed by atoms with E-state index in [1.165, 1.54) is 18.5 Å². The highest BCUT2D eigenvalue weighted by atomic mass is 16.5. The van der Waals surface area contributed by atoms with E-state index in [4.69, 9.17) is 9.84 Å². The molecule has 0 fully saturated rings. The van der Waals surface area contributed by atoms with Gasteiger partial charge in [-0.15, -0.1) is 0 Å². The summed E-state index contributed by atoms with van der Waals surface area (Å²) >= 11 is 0. The van der Waals surface area contributed by atoms with Crippen LogP contribution >= 0.6 is 0 Å². The molecule has 3 aromatic rings. The van der Waals surface area contributed by atoms with Crippen molar-refractivity contribution < 1.29 is 19.4 Å². The van der Waals surface area contributed by atoms with Crippen molar-refractivity contribution in [2.24, 2.45) is 0 Å². The highest BCUT2D eigenvalue weighted by Gasteiger charge is 2.16. The normalized spacial score (nSPS) is 10.1. The van der Waals surface area contributed by atoms with Gasteiger partial charge in [-0.25, -0.2) is 4.79 Å². The number of ether oxygens (including phenoxy) is 1. The molecule has 0 unspecified atom stereocenters. The summed E-state index contributed by atoms with van der Waals surface area (Å²) in [6.07, 6.45) is 2.56. The topological polar surface area (TPSA) is 88.5 Å². The fourth-order valence-electron chi connectivity index (χ4n) is 2.19. The van der Waals surface area contributed by atoms with Gasteiger partial charge >= 0.3 is 5.97 Å². The fraction of sp³-hybridized carbons (Fsp3) is 0. The monoisotopic (exact) mass is 334 g/mol. The number of carbonyl (C=O) groups excluding carboxylic acids is 1. The second-order valence-corrected chi connectivity index (χ2v) is 5.12. The Morgan fingerprint density at radius 1 is 0.880 bits per heavy atom. The fourth-order valence-corrected chi connectivity index (χ4v) is 2.19. The van der Waals surface area contributed by atoms with Crippen molar-refractivity contribution in [2.75, 3.05) is 5.32 Å². The minimum Gasteiger partial charge on any atom is -0.478 e. The SMILES string of the molecule is O=C(O)c1ccncc1C(=O)Nc1ccc(Oc2ccccc2)cc1. The number of hydrogen-bond donors (Lipinski definition) is 2. The average Bonchev–Trinajstić information content (AvgIpc) is 2.64. The van der Waals surface area contributed by atoms with Gasteiger partial charge in [-0.05, 0) is 42.5 Å². The summed E-state index contributed by atoms with van der Waals surface area (Å²) in [6.45, 7) is 0. The highest BCUT2D eigenvalue weighted by Crippen LogP contribution is 2.23. The van der Waals surface area contributed by atoms with Crippen molar-refractivity contribution in [1.82, 2.24) is 4.98 Å². The molecule has 6 nitrogen and oxygen atoms in total. The Bertz CT molecular complexity index is 893. The smallest absolute Gasteiger partial charge is 0.336 e. The van der Waals surface area contributed by atoms with Crippen LogP contribution in [0.1, 0.15) is 20.7 Å². The van der Waals surface area contributed by atoms with Gasteiger partial charge in [0.05, 0.1) is 11.1 Å². The first kappa shape index (κ1) is 16.2. The zero-order chi connectivity index (χ0) is 17.6. The first-order valence-corrected chi connectivity index (χ1v) is 7.45. The molecule has 0 aliphatic carbocycles. The Hall–Kier alpha value is -3.67. The van der Waals surface area contributed by atoms with E-state index in [1.807, 2.05) is 30.3 Å². The van der Waals surface area contributed by atoms with E-state index in [-0.39, 0.29) is 11.1 Å². The number of hydrogen-bond acceptors (Lipinski definition) is 4. The molecular formula is C19H14N2O4. The van der Waals surface area contributed by atoms with E-state index in [0.717, 1.165) is 0 Å². The minimum atomic E-state index is -1.18. The number of carbonyl (C=O) groups is 2. The van der Waals surface area contributed by atoms with Crippen LogP contribution in [0, 0.1) is 0 Å². The van der Waals surface area contributed by atoms with Crippen LogP contribution in [-0.2, 0) is 0 Å². The Kier molecular flexibility index (Phi) is 4.71. The number of anilines is 1. The summed E-state index contributed by atoms with van der Waals surface area (Å²) in [5.74, 6) is -0.390. The van der Waals surface area contributed by atoms with E-state index < -0.39 is 11.9 Å². The first-order chi connectivity index (χ1) is 12.1. The molecule has 3 rings (SSSR count). The van der Waals surface area contributed by atoms with Gasteiger partial charge in [0.1, 0.15) is 11.5 Å². The molecular weight excluding hydrogens is 320 g/mol. The predicted molar refractivity (Wildman–Crippen MR) is 92.1 cm³/mol. The number of amides is 1. The van der Waals surface area contributed by atoms with Gasteiger partial charge < -0.3 is 15.2 Å². The lowest BCUT2D eigenvalue weighted by Gasteiger charge is -2.09. The number of nitrogens with one attached hydrogen (secondary N) is 1. The molecule has 2 N–H and O–H groups in total. The average molecular weight is 334 g/mol. The number of aromatic nitrogens is 1. The number of rotatable bonds is 5. The number of para-hydroxylation sites is 1. The quantitative estimate of drug-likeness (QED) is 0.740. The predicted octanol–water partition coefficient (Wildman–Crippen LogP) is 3.82. The van der Waals surface area contributed by atoms with Crippen LogP contribution in [0.2, 0.25) is 0 Å². The van der Waals surface area contributed by atoms with Crippen LogP contribution in [0.5, 0.6) is 11.5 Å². The van der Waals surface area contributed by atoms with E-state index >= 15 is 0 Å². The number of pyridine rings is 1. The van der Waals surface area contributed by atoms with Gasteiger partial charge in [0.15, 0.2) is 0 Å². The molecule has 0 atom stereocenters. The lowest BCUT2D eigenvalue weighted by Crippen LogP contribution is -2.16. The lowest BCUT2D eigenvalue weighted by atomic mass is 10.1. The Morgan fingerprint density at radius 2 is 1.56 bits per heavy atom. The standard InChI is InChI=1S/C19H14N2O4/c22-18(17-12-20-11-10-16(17)19(23)24)21-13-6-8-15(9-7-13)25-14-4-2-1-3-5-14/h1-12H,(H,21,22)(H,23,24). The lowest BCUT2D eigenvalue weighted by molar-refractivity contribution is 0.0692. The molecule has 2 aromatic carbocycles. The van der Waals surface area contributed by atoms with Crippen LogP contribution in [0.25, 0.3) is 0 Å². The van der Waals surface area contributed by atoms with Gasteiger partial charge in [0.25, 0.3) is 5.91 Å². The van der Waals surface area contributed by atoms with E-state index in [2.05, 4.69) is 10.3 Å². The van der Waals surface area contributed by atoms with Crippen molar-refractivity contribution in [3.63, 3.8) is 0 Å². The number of carboxylic acids is 1. The molecule has 0 radical (unpaired) electrons. The second-order valence-electron chi connectivity index (χ2n) is 5.12. The Labute approximate surface area is 143 Å². The summed E-state index contributed by atoms with van der Waals surface area (Å²) in [7, 11) is 0. The van der Waals surface area contributed by atoms with Crippen LogP contribution in [-0.4, -0.2) is 22.0 Å². The van der Waals surface area contributed by atoms with Crippen molar-refractivity contribution >= 4 is 17.6 Å². The molecule has 1 aromatic heterocycles. The number of carboxylic acid groups (broad SMARTS) is 1. The molecule has 1 heterocycles. The molecule has 0 spiro atoms. The molecule has 25 heavy (non-hydrogen) atoms. The van der Waals surface area contributed by atoms with Crippen LogP contribution in [0.4, 0.5) is 5.69 Å². The maximum atomic E-state index is 12.3. The van der Waals surface area contributed by atoms with E-state index in [1.54, 1.807) is 24.3 Å². The number of benzene rings is 2. The van der Waals surface area contributed by atoms with Gasteiger partial charge in [0.2, 0.25) is 0 Å². The van der Waals surface area contributed by atoms with Gasteiger partial charge in [-0.2, -0.15) is 0 Å². The number of aromatic carboxylic acids is 1. The Balaban J connectivity index is 1.71. The highest BCUT2D eigenvalue weighted by molar-refractivity contribution is 6.10. The van der Waals surface area contributed by atoms with Gasteiger partial charge in [-0.1, -0.05) is 18.2 Å². The summed E-state index contributed by atoms with van der Waals surface area (Å²) in [5.41, 5.74) is 0.418. The molecule has 1 amide bonds. The van der Waals surface area contributed by atoms with Crippen molar-refractivity contribution in [3.05, 3.63) is 84.2 Å². The third-order valence-electron chi connectivity index (χ3n) is 3.39. The van der Waals surface area contributed by atoms with Crippen molar-refractivity contribution in [3.8, 4) is 11.5 Å². The molecule has 0 aliphatic rings. The maximum absolute atomic E-state index is 12.3. The summed E-state index contributed by atoms with van der Waals surface area (Å²) in [4.78, 5) is 27.2. The first-order valence-electron chi connectivity index (χ1n) is 7.45. The van der Waals surface area contributed by atoms with Crippen LogP contribution in [0.3, 0.4) is 0 Å². The molecule has 124 valence electrons. The third-order valence-corrected chi connectivity index (χ3v) is 3.39. The third kappa shape index (κ3) is 4.00. The van der Waals surface area contributed by atoms with E-state index in [0.29, 0.717) is 17.2 Å². The van der Waals surface area contributed by atoms with Gasteiger partial charge in [0, 0.05) is 18.1 Å². The zero-order valence-electron chi connectivity index (χ0n) is 13.0. The van der Waals surface area contributed by atoms with Crippen molar-refractivity contribution in [2.45, 2.75) is 0 Å². The van der Waals surface area contributed by atoms with Crippen molar-refractivity contribution in [1.29, 1.82) is 0 Å². The van der Waals surface area contributed by atoms with Crippen LogP contribution in [0.15, 0.2) is 73.1 Å². The molecule has 0 saturated heterocycles. The van der Waals surface area contributed by atoms with Crippen LogP contribution < -0.4 is 10.1 Å². The largest absolute Gasteiger partial charge is 0.478 e. The van der Waals surface area contributed by atoms with E-state index in [9.17, 15) is 9.59 Å². The summed E-state index contributed by atoms with van der Waals surface area (Å²) < 4.78 is 5.67. The molecule has 6 heteroatoms. The summed E-state index contributed by atoms with van der Waals surface area (Å²) in [5, 5.41) is 11.8. The summed E-state index contributed by atoms with van der Waals surface area (Å²) in [6, 6.07) is 17.4. The van der Waals surface area contributed by atoms with Gasteiger partial charge in [-0.3, -0.25) is 9.78 Å². The molecule has 0 saturated carbocycles. The Morgan fingerprint density at radius 3 is 2.24 bits per heavy atom. The number of nitrogens with zero attached hydrogens (tertiary/aromatic N) is 1. The molecule has 0 bridgehead atoms. The molecule has 0 aliphatic heterocycles. The maximum Gasteiger partial charge on any atom is 0.336 e. The second kappa shape index (κ2) is 7.27. The minimum absolute atomic E-state index is 0.000359. The zero-order valence-corrected chi connectivity index (χ0v) is 13.0.